The van der Waals surface area contributed by atoms with E-state index in [4.69, 9.17) is 9.47 Å². The number of methoxy groups -OCH3 is 1. The molecule has 0 saturated heterocycles. The van der Waals surface area contributed by atoms with Gasteiger partial charge >= 0.3 is 5.97 Å². The van der Waals surface area contributed by atoms with Gasteiger partial charge in [0.05, 0.1) is 24.9 Å². The molecule has 1 aromatic carbocycles. The Morgan fingerprint density at radius 3 is 2.71 bits per heavy atom. The second-order valence-corrected chi connectivity index (χ2v) is 5.90. The van der Waals surface area contributed by atoms with Crippen molar-refractivity contribution in [2.45, 2.75) is 13.0 Å². The largest absolute Gasteiger partial charge is 0.497 e. The summed E-state index contributed by atoms with van der Waals surface area (Å²) in [6.45, 7) is 0.165. The fraction of sp³-hybridized carbons (Fsp3) is 0.167. The van der Waals surface area contributed by atoms with Crippen LogP contribution in [0.4, 0.5) is 0 Å². The summed E-state index contributed by atoms with van der Waals surface area (Å²) in [7, 11) is 1.61. The Morgan fingerprint density at radius 2 is 2.00 bits per heavy atom. The third kappa shape index (κ3) is 4.17. The number of nitrogens with zero attached hydrogens (tertiary/aromatic N) is 2. The van der Waals surface area contributed by atoms with Gasteiger partial charge in [0.25, 0.3) is 0 Å². The zero-order valence-electron chi connectivity index (χ0n) is 13.1. The van der Waals surface area contributed by atoms with Crippen LogP contribution in [0.3, 0.4) is 0 Å². The molecule has 0 aliphatic heterocycles. The Bertz CT molecular complexity index is 801. The summed E-state index contributed by atoms with van der Waals surface area (Å²) in [5.41, 5.74) is 2.43. The van der Waals surface area contributed by atoms with Crippen molar-refractivity contribution in [3.63, 3.8) is 0 Å². The number of pyridine rings is 1. The Labute approximate surface area is 143 Å². The maximum atomic E-state index is 11.9. The van der Waals surface area contributed by atoms with Gasteiger partial charge < -0.3 is 9.47 Å². The van der Waals surface area contributed by atoms with Crippen LogP contribution in [0.2, 0.25) is 0 Å². The number of carbonyl (C=O) groups excluding carboxylic acids is 1. The average Bonchev–Trinajstić information content (AvgIpc) is 3.10. The Balaban J connectivity index is 1.53. The minimum atomic E-state index is -0.285. The molecule has 0 bridgehead atoms. The average molecular weight is 340 g/mol. The van der Waals surface area contributed by atoms with Crippen molar-refractivity contribution in [2.75, 3.05) is 7.11 Å². The number of rotatable bonds is 6. The van der Waals surface area contributed by atoms with Crippen LogP contribution in [0.5, 0.6) is 5.75 Å². The number of benzene rings is 1. The molecule has 0 saturated carbocycles. The molecule has 0 spiro atoms. The number of ether oxygens (including phenoxy) is 2. The van der Waals surface area contributed by atoms with Crippen LogP contribution < -0.4 is 4.74 Å². The summed E-state index contributed by atoms with van der Waals surface area (Å²) in [6.07, 6.45) is 1.95. The number of thiazole rings is 1. The summed E-state index contributed by atoms with van der Waals surface area (Å²) in [5.74, 6) is 0.476. The fourth-order valence-corrected chi connectivity index (χ4v) is 2.88. The molecule has 0 aliphatic rings. The molecule has 3 aromatic rings. The van der Waals surface area contributed by atoms with Crippen LogP contribution >= 0.6 is 11.3 Å². The van der Waals surface area contributed by atoms with Gasteiger partial charge in [-0.05, 0) is 29.8 Å². The lowest BCUT2D eigenvalue weighted by Gasteiger charge is -2.04. The minimum absolute atomic E-state index is 0.165. The standard InChI is InChI=1S/C18H16N2O3S/c1-22-15-7-5-13(6-8-15)10-17(21)23-11-14-12-24-18(20-14)16-4-2-3-9-19-16/h2-9,12H,10-11H2,1H3. The summed E-state index contributed by atoms with van der Waals surface area (Å²) >= 11 is 1.48. The van der Waals surface area contributed by atoms with E-state index < -0.39 is 0 Å². The molecular weight excluding hydrogens is 324 g/mol. The van der Waals surface area contributed by atoms with Crippen molar-refractivity contribution in [3.8, 4) is 16.5 Å². The Kier molecular flexibility index (Phi) is 5.18. The quantitative estimate of drug-likeness (QED) is 0.643. The molecule has 2 aromatic heterocycles. The second kappa shape index (κ2) is 7.70. The summed E-state index contributed by atoms with van der Waals surface area (Å²) < 4.78 is 10.4. The maximum Gasteiger partial charge on any atom is 0.310 e. The summed E-state index contributed by atoms with van der Waals surface area (Å²) in [4.78, 5) is 20.6. The van der Waals surface area contributed by atoms with E-state index in [2.05, 4.69) is 9.97 Å². The third-order valence-electron chi connectivity index (χ3n) is 3.32. The van der Waals surface area contributed by atoms with E-state index in [1.54, 1.807) is 13.3 Å². The molecule has 24 heavy (non-hydrogen) atoms. The molecule has 5 nitrogen and oxygen atoms in total. The van der Waals surface area contributed by atoms with Crippen molar-refractivity contribution in [1.29, 1.82) is 0 Å². The first-order valence-corrected chi connectivity index (χ1v) is 8.27. The van der Waals surface area contributed by atoms with E-state index >= 15 is 0 Å². The van der Waals surface area contributed by atoms with Crippen molar-refractivity contribution in [3.05, 3.63) is 65.3 Å². The van der Waals surface area contributed by atoms with Gasteiger partial charge in [0.2, 0.25) is 0 Å². The molecule has 0 N–H and O–H groups in total. The van der Waals surface area contributed by atoms with Gasteiger partial charge in [0.1, 0.15) is 17.4 Å². The lowest BCUT2D eigenvalue weighted by Crippen LogP contribution is -2.08. The lowest BCUT2D eigenvalue weighted by atomic mass is 10.1. The first-order valence-electron chi connectivity index (χ1n) is 7.39. The molecule has 122 valence electrons. The zero-order chi connectivity index (χ0) is 16.8. The lowest BCUT2D eigenvalue weighted by molar-refractivity contribution is -0.144. The second-order valence-electron chi connectivity index (χ2n) is 5.04. The van der Waals surface area contributed by atoms with E-state index in [1.807, 2.05) is 47.8 Å². The number of aromatic nitrogens is 2. The highest BCUT2D eigenvalue weighted by molar-refractivity contribution is 7.13. The van der Waals surface area contributed by atoms with Crippen molar-refractivity contribution in [1.82, 2.24) is 9.97 Å². The first kappa shape index (κ1) is 16.1. The predicted molar refractivity (Wildman–Crippen MR) is 91.8 cm³/mol. The van der Waals surface area contributed by atoms with Gasteiger partial charge in [-0.1, -0.05) is 18.2 Å². The van der Waals surface area contributed by atoms with Crippen LogP contribution in [-0.2, 0) is 22.6 Å². The number of carbonyl (C=O) groups is 1. The van der Waals surface area contributed by atoms with E-state index in [-0.39, 0.29) is 19.0 Å². The molecule has 3 rings (SSSR count). The molecule has 0 atom stereocenters. The van der Waals surface area contributed by atoms with E-state index in [0.29, 0.717) is 0 Å². The monoisotopic (exact) mass is 340 g/mol. The number of hydrogen-bond acceptors (Lipinski definition) is 6. The number of hydrogen-bond donors (Lipinski definition) is 0. The molecular formula is C18H16N2O3S. The Morgan fingerprint density at radius 1 is 1.17 bits per heavy atom. The molecule has 0 fully saturated rings. The van der Waals surface area contributed by atoms with Crippen LogP contribution in [0, 0.1) is 0 Å². The highest BCUT2D eigenvalue weighted by Gasteiger charge is 2.09. The molecule has 0 aliphatic carbocycles. The van der Waals surface area contributed by atoms with Gasteiger partial charge in [-0.25, -0.2) is 4.98 Å². The molecule has 0 radical (unpaired) electrons. The highest BCUT2D eigenvalue weighted by atomic mass is 32.1. The highest BCUT2D eigenvalue weighted by Crippen LogP contribution is 2.21. The van der Waals surface area contributed by atoms with Crippen LogP contribution in [0.1, 0.15) is 11.3 Å². The maximum absolute atomic E-state index is 11.9. The van der Waals surface area contributed by atoms with Crippen LogP contribution in [0.25, 0.3) is 10.7 Å². The Hall–Kier alpha value is -2.73. The van der Waals surface area contributed by atoms with Gasteiger partial charge in [0, 0.05) is 11.6 Å². The van der Waals surface area contributed by atoms with Gasteiger partial charge in [-0.2, -0.15) is 0 Å². The van der Waals surface area contributed by atoms with Crippen molar-refractivity contribution < 1.29 is 14.3 Å². The summed E-state index contributed by atoms with van der Waals surface area (Å²) in [6, 6.07) is 13.0. The SMILES string of the molecule is COc1ccc(CC(=O)OCc2csc(-c3ccccn3)n2)cc1. The van der Waals surface area contributed by atoms with Crippen molar-refractivity contribution >= 4 is 17.3 Å². The summed E-state index contributed by atoms with van der Waals surface area (Å²) in [5, 5.41) is 2.70. The van der Waals surface area contributed by atoms with Gasteiger partial charge in [0.15, 0.2) is 0 Å². The van der Waals surface area contributed by atoms with Gasteiger partial charge in [-0.15, -0.1) is 11.3 Å². The van der Waals surface area contributed by atoms with E-state index in [9.17, 15) is 4.79 Å². The molecule has 0 amide bonds. The minimum Gasteiger partial charge on any atom is -0.497 e. The van der Waals surface area contributed by atoms with Crippen LogP contribution in [0.15, 0.2) is 54.0 Å². The predicted octanol–water partition coefficient (Wildman–Crippen LogP) is 3.50. The molecule has 6 heteroatoms. The van der Waals surface area contributed by atoms with E-state index in [1.165, 1.54) is 11.3 Å². The van der Waals surface area contributed by atoms with Crippen LogP contribution in [-0.4, -0.2) is 23.0 Å². The molecule has 2 heterocycles. The molecule has 0 unspecified atom stereocenters. The normalized spacial score (nSPS) is 10.4. The van der Waals surface area contributed by atoms with Gasteiger partial charge in [-0.3, -0.25) is 9.78 Å². The fourth-order valence-electron chi connectivity index (χ4n) is 2.10. The zero-order valence-corrected chi connectivity index (χ0v) is 14.0. The topological polar surface area (TPSA) is 61.3 Å². The number of esters is 1. The first-order chi connectivity index (χ1) is 11.7. The smallest absolute Gasteiger partial charge is 0.310 e. The van der Waals surface area contributed by atoms with Crippen molar-refractivity contribution in [2.24, 2.45) is 0 Å². The third-order valence-corrected chi connectivity index (χ3v) is 4.24. The van der Waals surface area contributed by atoms with E-state index in [0.717, 1.165) is 27.7 Å².